The molecule has 0 aromatic heterocycles. The van der Waals surface area contributed by atoms with Crippen LogP contribution in [0.2, 0.25) is 10.0 Å². The van der Waals surface area contributed by atoms with Crippen molar-refractivity contribution < 1.29 is 14.6 Å². The largest absolute Gasteiger partial charge is 0.504 e. The molecule has 6 heteroatoms. The van der Waals surface area contributed by atoms with E-state index in [1.54, 1.807) is 6.92 Å². The second-order valence-electron chi connectivity index (χ2n) is 7.06. The van der Waals surface area contributed by atoms with Crippen LogP contribution in [0, 0.1) is 24.7 Å². The number of anilines is 1. The number of rotatable bonds is 3. The van der Waals surface area contributed by atoms with Crippen molar-refractivity contribution in [1.82, 2.24) is 0 Å². The highest BCUT2D eigenvalue weighted by molar-refractivity contribution is 6.37. The maximum atomic E-state index is 12.2. The SMILES string of the molecule is Cc1c(Cl)cc(NC(=O)OC2C[C@H](C(C)C)CC[C@H]2C)c(O)c1Cl. The summed E-state index contributed by atoms with van der Waals surface area (Å²) in [6.07, 6.45) is 2.37. The van der Waals surface area contributed by atoms with E-state index in [9.17, 15) is 9.90 Å². The number of halogens is 2. The van der Waals surface area contributed by atoms with Gasteiger partial charge in [0, 0.05) is 5.02 Å². The summed E-state index contributed by atoms with van der Waals surface area (Å²) >= 11 is 12.1. The number of ether oxygens (including phenoxy) is 1. The minimum atomic E-state index is -0.595. The van der Waals surface area contributed by atoms with Gasteiger partial charge >= 0.3 is 6.09 Å². The monoisotopic (exact) mass is 373 g/mol. The Labute approximate surface area is 153 Å². The molecular weight excluding hydrogens is 349 g/mol. The highest BCUT2D eigenvalue weighted by Gasteiger charge is 2.32. The van der Waals surface area contributed by atoms with Crippen molar-refractivity contribution in [3.63, 3.8) is 0 Å². The Morgan fingerprint density at radius 1 is 1.38 bits per heavy atom. The Hall–Kier alpha value is -1.13. The number of amides is 1. The van der Waals surface area contributed by atoms with E-state index in [4.69, 9.17) is 27.9 Å². The van der Waals surface area contributed by atoms with E-state index in [2.05, 4.69) is 26.1 Å². The zero-order chi connectivity index (χ0) is 18.0. The molecule has 24 heavy (non-hydrogen) atoms. The molecule has 1 aliphatic rings. The number of hydrogen-bond donors (Lipinski definition) is 2. The number of carbonyl (C=O) groups is 1. The summed E-state index contributed by atoms with van der Waals surface area (Å²) in [5.41, 5.74) is 0.722. The van der Waals surface area contributed by atoms with Crippen LogP contribution in [0.25, 0.3) is 0 Å². The van der Waals surface area contributed by atoms with Gasteiger partial charge in [0.2, 0.25) is 0 Å². The van der Waals surface area contributed by atoms with E-state index in [1.807, 2.05) is 0 Å². The summed E-state index contributed by atoms with van der Waals surface area (Å²) < 4.78 is 5.61. The lowest BCUT2D eigenvalue weighted by atomic mass is 9.76. The molecular formula is C18H25Cl2NO3. The summed E-state index contributed by atoms with van der Waals surface area (Å²) in [6.45, 7) is 8.20. The molecule has 1 aliphatic carbocycles. The fourth-order valence-corrected chi connectivity index (χ4v) is 3.61. The number of phenolic OH excluding ortho intramolecular Hbond substituents is 1. The van der Waals surface area contributed by atoms with Crippen molar-refractivity contribution in [1.29, 1.82) is 0 Å². The molecule has 0 saturated heterocycles. The molecule has 1 unspecified atom stereocenters. The Balaban J connectivity index is 2.05. The van der Waals surface area contributed by atoms with Gasteiger partial charge in [-0.1, -0.05) is 44.0 Å². The lowest BCUT2D eigenvalue weighted by Gasteiger charge is -2.35. The zero-order valence-electron chi connectivity index (χ0n) is 14.5. The van der Waals surface area contributed by atoms with E-state index >= 15 is 0 Å². The third-order valence-electron chi connectivity index (χ3n) is 5.02. The molecule has 0 bridgehead atoms. The molecule has 1 fully saturated rings. The molecule has 4 nitrogen and oxygen atoms in total. The first kappa shape index (κ1) is 19.2. The summed E-state index contributed by atoms with van der Waals surface area (Å²) in [4.78, 5) is 12.2. The topological polar surface area (TPSA) is 58.6 Å². The van der Waals surface area contributed by atoms with Crippen LogP contribution in [0.5, 0.6) is 5.75 Å². The third kappa shape index (κ3) is 4.28. The van der Waals surface area contributed by atoms with Gasteiger partial charge in [-0.2, -0.15) is 0 Å². The molecule has 1 saturated carbocycles. The molecule has 1 aromatic rings. The van der Waals surface area contributed by atoms with Crippen molar-refractivity contribution in [2.75, 3.05) is 5.32 Å². The first-order valence-electron chi connectivity index (χ1n) is 8.35. The standard InChI is InChI=1S/C18H25Cl2NO3/c1-9(2)12-6-5-10(3)15(7-12)24-18(23)21-14-8-13(19)11(4)16(20)17(14)22/h8-10,12,15,22H,5-7H2,1-4H3,(H,21,23)/t10-,12-,15?/m1/s1. The van der Waals surface area contributed by atoms with Crippen LogP contribution in [-0.4, -0.2) is 17.3 Å². The van der Waals surface area contributed by atoms with Crippen LogP contribution in [0.15, 0.2) is 6.07 Å². The first-order valence-corrected chi connectivity index (χ1v) is 9.11. The predicted octanol–water partition coefficient (Wildman–Crippen LogP) is 6.02. The maximum Gasteiger partial charge on any atom is 0.412 e. The highest BCUT2D eigenvalue weighted by atomic mass is 35.5. The Morgan fingerprint density at radius 3 is 2.67 bits per heavy atom. The third-order valence-corrected chi connectivity index (χ3v) is 5.88. The first-order chi connectivity index (χ1) is 11.2. The van der Waals surface area contributed by atoms with E-state index in [-0.39, 0.29) is 22.6 Å². The number of aromatic hydroxyl groups is 1. The maximum absolute atomic E-state index is 12.2. The fraction of sp³-hybridized carbons (Fsp3) is 0.611. The van der Waals surface area contributed by atoms with Crippen LogP contribution in [0.4, 0.5) is 10.5 Å². The average Bonchev–Trinajstić information content (AvgIpc) is 2.52. The van der Waals surface area contributed by atoms with Gasteiger partial charge in [0.05, 0.1) is 10.7 Å². The number of hydrogen-bond acceptors (Lipinski definition) is 3. The molecule has 0 spiro atoms. The second-order valence-corrected chi connectivity index (χ2v) is 7.84. The quantitative estimate of drug-likeness (QED) is 0.637. The molecule has 134 valence electrons. The second kappa shape index (κ2) is 7.83. The lowest BCUT2D eigenvalue weighted by Crippen LogP contribution is -2.35. The Morgan fingerprint density at radius 2 is 2.04 bits per heavy atom. The summed E-state index contributed by atoms with van der Waals surface area (Å²) in [5.74, 6) is 1.26. The van der Waals surface area contributed by atoms with Crippen molar-refractivity contribution in [2.45, 2.75) is 53.1 Å². The number of benzene rings is 1. The van der Waals surface area contributed by atoms with Crippen LogP contribution < -0.4 is 5.32 Å². The Kier molecular flexibility index (Phi) is 6.27. The van der Waals surface area contributed by atoms with Gasteiger partial charge in [0.1, 0.15) is 6.10 Å². The van der Waals surface area contributed by atoms with Crippen LogP contribution in [-0.2, 0) is 4.74 Å². The van der Waals surface area contributed by atoms with Crippen LogP contribution in [0.1, 0.15) is 45.6 Å². The highest BCUT2D eigenvalue weighted by Crippen LogP contribution is 2.39. The average molecular weight is 374 g/mol. The van der Waals surface area contributed by atoms with Crippen molar-refractivity contribution in [3.8, 4) is 5.75 Å². The lowest BCUT2D eigenvalue weighted by molar-refractivity contribution is 0.0246. The van der Waals surface area contributed by atoms with E-state index in [0.29, 0.717) is 28.3 Å². The minimum absolute atomic E-state index is 0.121. The molecule has 0 radical (unpaired) electrons. The van der Waals surface area contributed by atoms with Gasteiger partial charge in [0.25, 0.3) is 0 Å². The summed E-state index contributed by atoms with van der Waals surface area (Å²) in [7, 11) is 0. The predicted molar refractivity (Wildman–Crippen MR) is 98.1 cm³/mol. The number of phenols is 1. The number of nitrogens with one attached hydrogen (secondary N) is 1. The summed E-state index contributed by atoms with van der Waals surface area (Å²) in [5, 5.41) is 13.1. The smallest absolute Gasteiger partial charge is 0.412 e. The van der Waals surface area contributed by atoms with E-state index in [1.165, 1.54) is 12.5 Å². The van der Waals surface area contributed by atoms with Gasteiger partial charge in [0.15, 0.2) is 5.75 Å². The van der Waals surface area contributed by atoms with Crippen LogP contribution in [0.3, 0.4) is 0 Å². The minimum Gasteiger partial charge on any atom is -0.504 e. The molecule has 2 rings (SSSR count). The molecule has 2 N–H and O–H groups in total. The summed E-state index contributed by atoms with van der Waals surface area (Å²) in [6, 6.07) is 1.47. The van der Waals surface area contributed by atoms with Gasteiger partial charge in [-0.15, -0.1) is 0 Å². The normalized spacial score (nSPS) is 24.0. The Bertz CT molecular complexity index is 619. The van der Waals surface area contributed by atoms with E-state index in [0.717, 1.165) is 12.8 Å². The van der Waals surface area contributed by atoms with Gasteiger partial charge in [-0.05, 0) is 55.6 Å². The molecule has 3 atom stereocenters. The van der Waals surface area contributed by atoms with Crippen molar-refractivity contribution in [2.24, 2.45) is 17.8 Å². The zero-order valence-corrected chi connectivity index (χ0v) is 16.0. The molecule has 1 aromatic carbocycles. The van der Waals surface area contributed by atoms with Gasteiger partial charge in [-0.3, -0.25) is 5.32 Å². The van der Waals surface area contributed by atoms with Gasteiger partial charge < -0.3 is 9.84 Å². The molecule has 0 aliphatic heterocycles. The fourth-order valence-electron chi connectivity index (χ4n) is 3.16. The van der Waals surface area contributed by atoms with Crippen LogP contribution >= 0.6 is 23.2 Å². The van der Waals surface area contributed by atoms with Crippen molar-refractivity contribution in [3.05, 3.63) is 21.7 Å². The van der Waals surface area contributed by atoms with E-state index < -0.39 is 6.09 Å². The van der Waals surface area contributed by atoms with Gasteiger partial charge in [-0.25, -0.2) is 4.79 Å². The number of carbonyl (C=O) groups excluding carboxylic acids is 1. The molecule has 0 heterocycles. The van der Waals surface area contributed by atoms with Crippen molar-refractivity contribution >= 4 is 35.0 Å². The molecule has 1 amide bonds.